The maximum absolute atomic E-state index is 14.7. The largest absolute Gasteiger partial charge is 0.319 e. The molecule has 0 unspecified atom stereocenters. The number of rotatable bonds is 6. The average Bonchev–Trinajstić information content (AvgIpc) is 2.64. The molecule has 0 aliphatic carbocycles. The standard InChI is InChI=1S/C19H22FN3O3S/c1-2-11-27(25,26)23-16-6-4-3-5-15(16)19(24)22-17-8-7-13-12-21-10-9-14(13)18(17)20/h3-8,21,23H,2,9-12H2,1H3,(H,22,24). The third kappa shape index (κ3) is 4.45. The van der Waals surface area contributed by atoms with Crippen LogP contribution in [0.4, 0.5) is 15.8 Å². The van der Waals surface area contributed by atoms with E-state index < -0.39 is 21.7 Å². The van der Waals surface area contributed by atoms with Crippen LogP contribution in [0, 0.1) is 5.82 Å². The zero-order valence-corrected chi connectivity index (χ0v) is 15.8. The van der Waals surface area contributed by atoms with Gasteiger partial charge in [0.05, 0.1) is 22.7 Å². The van der Waals surface area contributed by atoms with E-state index in [0.29, 0.717) is 31.5 Å². The number of carbonyl (C=O) groups is 1. The summed E-state index contributed by atoms with van der Waals surface area (Å²) in [5, 5.41) is 5.74. The SMILES string of the molecule is CCCS(=O)(=O)Nc1ccccc1C(=O)Nc1ccc2c(c1F)CCNC2. The summed E-state index contributed by atoms with van der Waals surface area (Å²) in [6, 6.07) is 9.59. The molecule has 3 N–H and O–H groups in total. The predicted octanol–water partition coefficient (Wildman–Crippen LogP) is 2.88. The molecule has 1 heterocycles. The molecule has 0 saturated heterocycles. The van der Waals surface area contributed by atoms with Crippen LogP contribution in [0.5, 0.6) is 0 Å². The highest BCUT2D eigenvalue weighted by Crippen LogP contribution is 2.26. The van der Waals surface area contributed by atoms with Crippen LogP contribution >= 0.6 is 0 Å². The van der Waals surface area contributed by atoms with E-state index in [0.717, 1.165) is 5.56 Å². The molecule has 144 valence electrons. The molecule has 6 nitrogen and oxygen atoms in total. The molecule has 0 spiro atoms. The normalized spacial score (nSPS) is 13.7. The van der Waals surface area contributed by atoms with Crippen LogP contribution in [0.25, 0.3) is 0 Å². The lowest BCUT2D eigenvalue weighted by Crippen LogP contribution is -2.25. The lowest BCUT2D eigenvalue weighted by molar-refractivity contribution is 0.102. The van der Waals surface area contributed by atoms with Gasteiger partial charge in [0.25, 0.3) is 5.91 Å². The number of carbonyl (C=O) groups excluding carboxylic acids is 1. The van der Waals surface area contributed by atoms with Crippen LogP contribution in [0.3, 0.4) is 0 Å². The molecule has 1 aliphatic heterocycles. The summed E-state index contributed by atoms with van der Waals surface area (Å²) in [4.78, 5) is 12.7. The first-order valence-electron chi connectivity index (χ1n) is 8.83. The Morgan fingerprint density at radius 1 is 1.19 bits per heavy atom. The molecule has 1 amide bonds. The van der Waals surface area contributed by atoms with Crippen molar-refractivity contribution < 1.29 is 17.6 Å². The Labute approximate surface area is 158 Å². The Morgan fingerprint density at radius 3 is 2.74 bits per heavy atom. The highest BCUT2D eigenvalue weighted by atomic mass is 32.2. The number of hydrogen-bond donors (Lipinski definition) is 3. The van der Waals surface area contributed by atoms with Crippen LogP contribution in [-0.2, 0) is 23.0 Å². The minimum absolute atomic E-state index is 0.0452. The van der Waals surface area contributed by atoms with Crippen molar-refractivity contribution in [3.63, 3.8) is 0 Å². The number of sulfonamides is 1. The fraction of sp³-hybridized carbons (Fsp3) is 0.316. The molecule has 0 fully saturated rings. The van der Waals surface area contributed by atoms with Gasteiger partial charge in [0.1, 0.15) is 5.82 Å². The molecule has 1 aliphatic rings. The van der Waals surface area contributed by atoms with Crippen molar-refractivity contribution in [1.29, 1.82) is 0 Å². The molecule has 2 aromatic carbocycles. The number of para-hydroxylation sites is 1. The Balaban J connectivity index is 1.85. The molecule has 8 heteroatoms. The van der Waals surface area contributed by atoms with E-state index in [2.05, 4.69) is 15.4 Å². The van der Waals surface area contributed by atoms with Crippen LogP contribution < -0.4 is 15.4 Å². The van der Waals surface area contributed by atoms with Gasteiger partial charge in [-0.2, -0.15) is 0 Å². The second-order valence-electron chi connectivity index (χ2n) is 6.41. The van der Waals surface area contributed by atoms with Crippen molar-refractivity contribution in [2.45, 2.75) is 26.3 Å². The molecular formula is C19H22FN3O3S. The van der Waals surface area contributed by atoms with Gasteiger partial charge in [0, 0.05) is 6.54 Å². The number of nitrogens with one attached hydrogen (secondary N) is 3. The summed E-state index contributed by atoms with van der Waals surface area (Å²) >= 11 is 0. The topological polar surface area (TPSA) is 87.3 Å². The van der Waals surface area contributed by atoms with Gasteiger partial charge in [-0.25, -0.2) is 12.8 Å². The predicted molar refractivity (Wildman–Crippen MR) is 104 cm³/mol. The first-order valence-corrected chi connectivity index (χ1v) is 10.5. The number of hydrogen-bond acceptors (Lipinski definition) is 4. The van der Waals surface area contributed by atoms with E-state index in [9.17, 15) is 17.6 Å². The van der Waals surface area contributed by atoms with Crippen LogP contribution in [-0.4, -0.2) is 26.6 Å². The molecule has 0 saturated carbocycles. The van der Waals surface area contributed by atoms with Gasteiger partial charge in [-0.05, 0) is 48.7 Å². The van der Waals surface area contributed by atoms with Crippen molar-refractivity contribution >= 4 is 27.3 Å². The zero-order valence-electron chi connectivity index (χ0n) is 15.0. The number of amides is 1. The van der Waals surface area contributed by atoms with E-state index in [4.69, 9.17) is 0 Å². The van der Waals surface area contributed by atoms with Gasteiger partial charge in [0.2, 0.25) is 10.0 Å². The van der Waals surface area contributed by atoms with Crippen molar-refractivity contribution in [1.82, 2.24) is 5.32 Å². The van der Waals surface area contributed by atoms with Gasteiger partial charge < -0.3 is 10.6 Å². The Kier molecular flexibility index (Phi) is 5.76. The van der Waals surface area contributed by atoms with Gasteiger partial charge in [-0.1, -0.05) is 25.1 Å². The van der Waals surface area contributed by atoms with E-state index in [1.807, 2.05) is 0 Å². The highest BCUT2D eigenvalue weighted by molar-refractivity contribution is 7.92. The summed E-state index contributed by atoms with van der Waals surface area (Å²) in [5.74, 6) is -1.06. The van der Waals surface area contributed by atoms with E-state index >= 15 is 0 Å². The Morgan fingerprint density at radius 2 is 1.96 bits per heavy atom. The number of halogens is 1. The van der Waals surface area contributed by atoms with Crippen LogP contribution in [0.2, 0.25) is 0 Å². The van der Waals surface area contributed by atoms with Crippen LogP contribution in [0.15, 0.2) is 36.4 Å². The molecule has 3 rings (SSSR count). The van der Waals surface area contributed by atoms with Crippen molar-refractivity contribution in [2.75, 3.05) is 22.3 Å². The van der Waals surface area contributed by atoms with Crippen LogP contribution in [0.1, 0.15) is 34.8 Å². The first kappa shape index (κ1) is 19.3. The number of fused-ring (bicyclic) bond motifs is 1. The summed E-state index contributed by atoms with van der Waals surface area (Å²) in [6.45, 7) is 3.04. The van der Waals surface area contributed by atoms with E-state index in [1.165, 1.54) is 18.2 Å². The Hall–Kier alpha value is -2.45. The Bertz CT molecular complexity index is 961. The molecule has 0 radical (unpaired) electrons. The van der Waals surface area contributed by atoms with E-state index in [1.54, 1.807) is 25.1 Å². The average molecular weight is 391 g/mol. The fourth-order valence-corrected chi connectivity index (χ4v) is 4.23. The number of benzene rings is 2. The summed E-state index contributed by atoms with van der Waals surface area (Å²) < 4.78 is 41.3. The molecule has 2 aromatic rings. The van der Waals surface area contributed by atoms with Gasteiger partial charge in [-0.15, -0.1) is 0 Å². The van der Waals surface area contributed by atoms with Gasteiger partial charge >= 0.3 is 0 Å². The number of anilines is 2. The van der Waals surface area contributed by atoms with Crippen molar-refractivity contribution in [3.05, 3.63) is 58.9 Å². The second-order valence-corrected chi connectivity index (χ2v) is 8.25. The maximum Gasteiger partial charge on any atom is 0.257 e. The molecule has 0 atom stereocenters. The summed E-state index contributed by atoms with van der Waals surface area (Å²) in [6.07, 6.45) is 1.01. The minimum Gasteiger partial charge on any atom is -0.319 e. The minimum atomic E-state index is -3.54. The smallest absolute Gasteiger partial charge is 0.257 e. The quantitative estimate of drug-likeness (QED) is 0.707. The second kappa shape index (κ2) is 8.06. The fourth-order valence-electron chi connectivity index (χ4n) is 3.08. The third-order valence-electron chi connectivity index (χ3n) is 4.37. The third-order valence-corrected chi connectivity index (χ3v) is 5.84. The molecule has 27 heavy (non-hydrogen) atoms. The van der Waals surface area contributed by atoms with Gasteiger partial charge in [0.15, 0.2) is 0 Å². The highest BCUT2D eigenvalue weighted by Gasteiger charge is 2.20. The molecule has 0 aromatic heterocycles. The van der Waals surface area contributed by atoms with Gasteiger partial charge in [-0.3, -0.25) is 9.52 Å². The summed E-state index contributed by atoms with van der Waals surface area (Å²) in [5.41, 5.74) is 1.88. The van der Waals surface area contributed by atoms with Crippen molar-refractivity contribution in [2.24, 2.45) is 0 Å². The zero-order chi connectivity index (χ0) is 19.4. The maximum atomic E-state index is 14.7. The molecule has 0 bridgehead atoms. The van der Waals surface area contributed by atoms with Crippen molar-refractivity contribution in [3.8, 4) is 0 Å². The van der Waals surface area contributed by atoms with E-state index in [-0.39, 0.29) is 22.7 Å². The summed E-state index contributed by atoms with van der Waals surface area (Å²) in [7, 11) is -3.54. The monoisotopic (exact) mass is 391 g/mol. The molecular weight excluding hydrogens is 369 g/mol. The lowest BCUT2D eigenvalue weighted by Gasteiger charge is -2.19. The lowest BCUT2D eigenvalue weighted by atomic mass is 9.99. The first-order chi connectivity index (χ1) is 12.9.